The van der Waals surface area contributed by atoms with Gasteiger partial charge in [-0.3, -0.25) is 0 Å². The molecule has 3 aromatic carbocycles. The molecule has 0 aliphatic carbocycles. The first kappa shape index (κ1) is 28.0. The molecule has 1 aliphatic heterocycles. The number of anilines is 2. The highest BCUT2D eigenvalue weighted by atomic mass is 15.3. The molecule has 202 valence electrons. The van der Waals surface area contributed by atoms with E-state index in [0.717, 1.165) is 13.1 Å². The lowest BCUT2D eigenvalue weighted by molar-refractivity contribution is -0.429. The Morgan fingerprint density at radius 2 is 1.08 bits per heavy atom. The summed E-state index contributed by atoms with van der Waals surface area (Å²) in [6.45, 7) is 20.6. The van der Waals surface area contributed by atoms with Gasteiger partial charge in [-0.15, -0.1) is 0 Å². The molecule has 3 heteroatoms. The van der Waals surface area contributed by atoms with Crippen LogP contribution >= 0.6 is 0 Å². The van der Waals surface area contributed by atoms with Gasteiger partial charge in [0.2, 0.25) is 0 Å². The Bertz CT molecular complexity index is 1240. The SMILES string of the molecule is CC(C)c1cccc(C(C)C)c1N1CC[N+](c2c(C(C)C)cccc2C(C)C)=C1c1ccc(N(C)C)cc1. The Morgan fingerprint density at radius 1 is 0.632 bits per heavy atom. The largest absolute Gasteiger partial charge is 0.378 e. The molecular weight excluding hydrogens is 462 g/mol. The standard InChI is InChI=1S/C35H48N3/c1-23(2)29-13-11-14-30(24(3)4)33(29)37-21-22-38(35(37)27-17-19-28(20-18-27)36(9)10)34-31(25(5)6)15-12-16-32(34)26(7)8/h11-20,23-26H,21-22H2,1-10H3/q+1. The van der Waals surface area contributed by atoms with Crippen LogP contribution in [0.25, 0.3) is 0 Å². The Labute approximate surface area is 231 Å². The fraction of sp³-hybridized carbons (Fsp3) is 0.457. The van der Waals surface area contributed by atoms with Crippen molar-refractivity contribution < 1.29 is 4.58 Å². The second-order valence-electron chi connectivity index (χ2n) is 12.3. The van der Waals surface area contributed by atoms with E-state index in [9.17, 15) is 0 Å². The fourth-order valence-electron chi connectivity index (χ4n) is 5.86. The average molecular weight is 511 g/mol. The number of rotatable bonds is 8. The van der Waals surface area contributed by atoms with Crippen LogP contribution in [0.3, 0.4) is 0 Å². The summed E-state index contributed by atoms with van der Waals surface area (Å²) >= 11 is 0. The van der Waals surface area contributed by atoms with Gasteiger partial charge >= 0.3 is 0 Å². The molecule has 38 heavy (non-hydrogen) atoms. The van der Waals surface area contributed by atoms with Gasteiger partial charge in [0.1, 0.15) is 24.5 Å². The molecule has 0 radical (unpaired) electrons. The number of nitrogens with zero attached hydrogens (tertiary/aromatic N) is 3. The zero-order chi connectivity index (χ0) is 27.7. The van der Waals surface area contributed by atoms with Gasteiger partial charge in [-0.2, -0.15) is 0 Å². The van der Waals surface area contributed by atoms with Crippen molar-refractivity contribution in [1.29, 1.82) is 0 Å². The zero-order valence-corrected chi connectivity index (χ0v) is 25.3. The van der Waals surface area contributed by atoms with Crippen molar-refractivity contribution in [2.24, 2.45) is 0 Å². The fourth-order valence-corrected chi connectivity index (χ4v) is 5.86. The topological polar surface area (TPSA) is 9.49 Å². The lowest BCUT2D eigenvalue weighted by atomic mass is 9.91. The Hall–Kier alpha value is -3.07. The van der Waals surface area contributed by atoms with Crippen molar-refractivity contribution in [2.45, 2.75) is 79.1 Å². The molecule has 0 unspecified atom stereocenters. The minimum absolute atomic E-state index is 0.448. The van der Waals surface area contributed by atoms with E-state index in [0.29, 0.717) is 23.7 Å². The molecular formula is C35H48N3+. The normalized spacial score (nSPS) is 14.1. The van der Waals surface area contributed by atoms with Gasteiger partial charge in [0.05, 0.1) is 5.56 Å². The number of hydrogen-bond acceptors (Lipinski definition) is 2. The highest BCUT2D eigenvalue weighted by molar-refractivity contribution is 6.09. The van der Waals surface area contributed by atoms with Gasteiger partial charge in [-0.05, 0) is 47.9 Å². The maximum absolute atomic E-state index is 2.64. The van der Waals surface area contributed by atoms with Crippen LogP contribution in [0.15, 0.2) is 60.7 Å². The van der Waals surface area contributed by atoms with Gasteiger partial charge in [-0.25, -0.2) is 9.48 Å². The molecule has 0 bridgehead atoms. The molecule has 1 heterocycles. The molecule has 0 N–H and O–H groups in total. The monoisotopic (exact) mass is 510 g/mol. The summed E-state index contributed by atoms with van der Waals surface area (Å²) < 4.78 is 2.64. The van der Waals surface area contributed by atoms with E-state index in [2.05, 4.69) is 145 Å². The predicted octanol–water partition coefficient (Wildman–Crippen LogP) is 8.86. The van der Waals surface area contributed by atoms with Gasteiger partial charge in [0.15, 0.2) is 0 Å². The minimum atomic E-state index is 0.448. The molecule has 3 nitrogen and oxygen atoms in total. The van der Waals surface area contributed by atoms with Gasteiger partial charge in [0.25, 0.3) is 5.84 Å². The Balaban J connectivity index is 2.08. The minimum Gasteiger partial charge on any atom is -0.378 e. The van der Waals surface area contributed by atoms with E-state index in [1.165, 1.54) is 50.7 Å². The average Bonchev–Trinajstić information content (AvgIpc) is 3.32. The number of benzene rings is 3. The van der Waals surface area contributed by atoms with Crippen LogP contribution in [0.2, 0.25) is 0 Å². The highest BCUT2D eigenvalue weighted by Crippen LogP contribution is 2.41. The zero-order valence-electron chi connectivity index (χ0n) is 25.3. The maximum atomic E-state index is 2.64. The lowest BCUT2D eigenvalue weighted by Crippen LogP contribution is -2.32. The third kappa shape index (κ3) is 5.25. The van der Waals surface area contributed by atoms with Crippen LogP contribution in [0, 0.1) is 0 Å². The number of hydrogen-bond donors (Lipinski definition) is 0. The van der Waals surface area contributed by atoms with E-state index >= 15 is 0 Å². The lowest BCUT2D eigenvalue weighted by Gasteiger charge is -2.24. The van der Waals surface area contributed by atoms with E-state index in [1.54, 1.807) is 0 Å². The molecule has 0 spiro atoms. The molecule has 0 atom stereocenters. The molecule has 3 aromatic rings. The van der Waals surface area contributed by atoms with Crippen LogP contribution in [0.5, 0.6) is 0 Å². The van der Waals surface area contributed by atoms with Crippen molar-refractivity contribution in [2.75, 3.05) is 37.0 Å². The van der Waals surface area contributed by atoms with E-state index in [4.69, 9.17) is 0 Å². The van der Waals surface area contributed by atoms with Crippen molar-refractivity contribution in [3.05, 3.63) is 88.5 Å². The third-order valence-electron chi connectivity index (χ3n) is 7.93. The molecule has 0 saturated heterocycles. The first-order chi connectivity index (χ1) is 18.0. The summed E-state index contributed by atoms with van der Waals surface area (Å²) in [5, 5.41) is 0. The Morgan fingerprint density at radius 3 is 1.50 bits per heavy atom. The molecule has 0 aromatic heterocycles. The van der Waals surface area contributed by atoms with Crippen LogP contribution < -0.4 is 9.80 Å². The third-order valence-corrected chi connectivity index (χ3v) is 7.93. The molecule has 0 fully saturated rings. The second-order valence-corrected chi connectivity index (χ2v) is 12.3. The summed E-state index contributed by atoms with van der Waals surface area (Å²) in [6.07, 6.45) is 0. The van der Waals surface area contributed by atoms with Crippen molar-refractivity contribution in [3.63, 3.8) is 0 Å². The number of amidine groups is 1. The summed E-state index contributed by atoms with van der Waals surface area (Å²) in [5.41, 5.74) is 11.0. The van der Waals surface area contributed by atoms with Gasteiger partial charge < -0.3 is 4.90 Å². The first-order valence-corrected chi connectivity index (χ1v) is 14.5. The van der Waals surface area contributed by atoms with Crippen LogP contribution in [-0.2, 0) is 0 Å². The van der Waals surface area contributed by atoms with Gasteiger partial charge in [0, 0.05) is 42.0 Å². The number of para-hydroxylation sites is 2. The quantitative estimate of drug-likeness (QED) is 0.280. The predicted molar refractivity (Wildman–Crippen MR) is 166 cm³/mol. The smallest absolute Gasteiger partial charge is 0.289 e. The summed E-state index contributed by atoms with van der Waals surface area (Å²) in [4.78, 5) is 4.81. The second kappa shape index (κ2) is 11.4. The van der Waals surface area contributed by atoms with Crippen molar-refractivity contribution in [1.82, 2.24) is 0 Å². The van der Waals surface area contributed by atoms with Crippen LogP contribution in [0.4, 0.5) is 17.1 Å². The van der Waals surface area contributed by atoms with Gasteiger partial charge in [-0.1, -0.05) is 91.8 Å². The van der Waals surface area contributed by atoms with Crippen molar-refractivity contribution in [3.8, 4) is 0 Å². The summed E-state index contributed by atoms with van der Waals surface area (Å²) in [5.74, 6) is 3.10. The summed E-state index contributed by atoms with van der Waals surface area (Å²) in [7, 11) is 4.22. The first-order valence-electron chi connectivity index (χ1n) is 14.5. The Kier molecular flexibility index (Phi) is 8.35. The maximum Gasteiger partial charge on any atom is 0.289 e. The van der Waals surface area contributed by atoms with E-state index in [-0.39, 0.29) is 0 Å². The van der Waals surface area contributed by atoms with E-state index < -0.39 is 0 Å². The van der Waals surface area contributed by atoms with Crippen molar-refractivity contribution >= 4 is 22.9 Å². The van der Waals surface area contributed by atoms with E-state index in [1.807, 2.05) is 0 Å². The molecule has 0 saturated carbocycles. The van der Waals surface area contributed by atoms with Crippen LogP contribution in [0.1, 0.15) is 107 Å². The molecule has 0 amide bonds. The summed E-state index contributed by atoms with van der Waals surface area (Å²) in [6, 6.07) is 23.0. The molecule has 1 aliphatic rings. The highest BCUT2D eigenvalue weighted by Gasteiger charge is 2.39. The molecule has 4 rings (SSSR count). The van der Waals surface area contributed by atoms with Crippen LogP contribution in [-0.4, -0.2) is 37.6 Å².